The highest BCUT2D eigenvalue weighted by Crippen LogP contribution is 2.23. The van der Waals surface area contributed by atoms with Gasteiger partial charge in [0.15, 0.2) is 0 Å². The van der Waals surface area contributed by atoms with Crippen LogP contribution in [0.25, 0.3) is 0 Å². The van der Waals surface area contributed by atoms with Crippen molar-refractivity contribution in [2.45, 2.75) is 38.6 Å². The van der Waals surface area contributed by atoms with E-state index in [4.69, 9.17) is 0 Å². The van der Waals surface area contributed by atoms with Gasteiger partial charge in [-0.3, -0.25) is 4.79 Å². The van der Waals surface area contributed by atoms with Crippen LogP contribution in [-0.2, 0) is 0 Å². The molecule has 6 heteroatoms. The number of nitrogens with one attached hydrogen (secondary N) is 2. The van der Waals surface area contributed by atoms with Crippen LogP contribution in [0.1, 0.15) is 43.2 Å². The lowest BCUT2D eigenvalue weighted by Crippen LogP contribution is -2.38. The number of amides is 1. The zero-order chi connectivity index (χ0) is 10.7. The lowest BCUT2D eigenvalue weighted by molar-refractivity contribution is 0.0911. The maximum Gasteiger partial charge on any atom is 0.293 e. The number of aromatic amines is 1. The van der Waals surface area contributed by atoms with Crippen molar-refractivity contribution in [3.8, 4) is 0 Å². The van der Waals surface area contributed by atoms with Gasteiger partial charge in [0.1, 0.15) is 0 Å². The topological polar surface area (TPSA) is 83.6 Å². The molecule has 1 aliphatic carbocycles. The molecule has 1 amide bonds. The van der Waals surface area contributed by atoms with E-state index in [0.29, 0.717) is 5.92 Å². The van der Waals surface area contributed by atoms with E-state index in [1.807, 2.05) is 0 Å². The molecule has 2 N–H and O–H groups in total. The smallest absolute Gasteiger partial charge is 0.293 e. The van der Waals surface area contributed by atoms with Crippen LogP contribution >= 0.6 is 0 Å². The number of tetrazole rings is 1. The first kappa shape index (κ1) is 10.1. The summed E-state index contributed by atoms with van der Waals surface area (Å²) in [6.45, 7) is 2.21. The highest BCUT2D eigenvalue weighted by atomic mass is 16.2. The van der Waals surface area contributed by atoms with Crippen LogP contribution in [0.3, 0.4) is 0 Å². The first-order chi connectivity index (χ1) is 7.25. The van der Waals surface area contributed by atoms with E-state index in [1.54, 1.807) is 0 Å². The van der Waals surface area contributed by atoms with Crippen molar-refractivity contribution in [3.63, 3.8) is 0 Å². The fourth-order valence-corrected chi connectivity index (χ4v) is 2.07. The molecule has 1 aromatic heterocycles. The van der Waals surface area contributed by atoms with Crippen LogP contribution in [0.4, 0.5) is 0 Å². The number of hydrogen-bond donors (Lipinski definition) is 2. The van der Waals surface area contributed by atoms with Crippen molar-refractivity contribution in [1.82, 2.24) is 25.9 Å². The van der Waals surface area contributed by atoms with Gasteiger partial charge in [0.05, 0.1) is 0 Å². The predicted octanol–water partition coefficient (Wildman–Crippen LogP) is 0.508. The van der Waals surface area contributed by atoms with E-state index in [-0.39, 0.29) is 17.8 Å². The quantitative estimate of drug-likeness (QED) is 0.743. The summed E-state index contributed by atoms with van der Waals surface area (Å²) in [5, 5.41) is 15.8. The number of hydrogen-bond acceptors (Lipinski definition) is 4. The Kier molecular flexibility index (Phi) is 2.94. The fourth-order valence-electron chi connectivity index (χ4n) is 2.07. The maximum absolute atomic E-state index is 11.6. The summed E-state index contributed by atoms with van der Waals surface area (Å²) in [6, 6.07) is 0.264. The zero-order valence-electron chi connectivity index (χ0n) is 8.73. The second kappa shape index (κ2) is 4.37. The molecule has 2 rings (SSSR count). The largest absolute Gasteiger partial charge is 0.346 e. The summed E-state index contributed by atoms with van der Waals surface area (Å²) in [4.78, 5) is 11.6. The normalized spacial score (nSPS) is 26.2. The van der Waals surface area contributed by atoms with Crippen molar-refractivity contribution < 1.29 is 4.79 Å². The summed E-state index contributed by atoms with van der Waals surface area (Å²) in [7, 11) is 0. The third-order valence-corrected chi connectivity index (χ3v) is 2.82. The highest BCUT2D eigenvalue weighted by Gasteiger charge is 2.22. The average molecular weight is 209 g/mol. The van der Waals surface area contributed by atoms with Crippen LogP contribution < -0.4 is 5.32 Å². The minimum Gasteiger partial charge on any atom is -0.346 e. The van der Waals surface area contributed by atoms with Crippen LogP contribution in [0.5, 0.6) is 0 Å². The first-order valence-electron chi connectivity index (χ1n) is 5.30. The van der Waals surface area contributed by atoms with E-state index in [9.17, 15) is 4.79 Å². The van der Waals surface area contributed by atoms with Gasteiger partial charge in [-0.25, -0.2) is 0 Å². The molecule has 1 fully saturated rings. The second-order valence-electron chi connectivity index (χ2n) is 4.18. The molecule has 82 valence electrons. The Morgan fingerprint density at radius 2 is 2.40 bits per heavy atom. The summed E-state index contributed by atoms with van der Waals surface area (Å²) in [5.74, 6) is 0.574. The summed E-state index contributed by atoms with van der Waals surface area (Å²) < 4.78 is 0. The molecule has 0 aromatic carbocycles. The average Bonchev–Trinajstić information content (AvgIpc) is 2.70. The summed E-state index contributed by atoms with van der Waals surface area (Å²) in [5.41, 5.74) is 0. The summed E-state index contributed by atoms with van der Waals surface area (Å²) >= 11 is 0. The van der Waals surface area contributed by atoms with Gasteiger partial charge >= 0.3 is 0 Å². The van der Waals surface area contributed by atoms with Gasteiger partial charge in [-0.1, -0.05) is 19.8 Å². The molecular formula is C9H15N5O. The molecule has 2 atom stereocenters. The molecule has 1 heterocycles. The molecule has 0 saturated heterocycles. The van der Waals surface area contributed by atoms with Gasteiger partial charge in [0, 0.05) is 6.04 Å². The van der Waals surface area contributed by atoms with Crippen LogP contribution in [0.2, 0.25) is 0 Å². The van der Waals surface area contributed by atoms with E-state index in [2.05, 4.69) is 32.9 Å². The standard InChI is InChI=1S/C9H15N5O/c1-6-3-2-4-7(5-6)10-9(15)8-11-13-14-12-8/h6-7H,2-5H2,1H3,(H,10,15)(H,11,12,13,14). The number of rotatable bonds is 2. The predicted molar refractivity (Wildman–Crippen MR) is 53.1 cm³/mol. The van der Waals surface area contributed by atoms with Gasteiger partial charge in [-0.15, -0.1) is 10.2 Å². The number of carbonyl (C=O) groups is 1. The molecule has 6 nitrogen and oxygen atoms in total. The SMILES string of the molecule is CC1CCCC(NC(=O)c2nn[nH]n2)C1. The fraction of sp³-hybridized carbons (Fsp3) is 0.778. The molecule has 1 saturated carbocycles. The van der Waals surface area contributed by atoms with Crippen molar-refractivity contribution in [1.29, 1.82) is 0 Å². The molecule has 1 aromatic rings. The van der Waals surface area contributed by atoms with Gasteiger partial charge in [-0.2, -0.15) is 5.21 Å². The number of H-pyrrole nitrogens is 1. The van der Waals surface area contributed by atoms with Gasteiger partial charge in [-0.05, 0) is 24.0 Å². The third-order valence-electron chi connectivity index (χ3n) is 2.82. The number of nitrogens with zero attached hydrogens (tertiary/aromatic N) is 3. The first-order valence-corrected chi connectivity index (χ1v) is 5.30. The van der Waals surface area contributed by atoms with Crippen molar-refractivity contribution in [3.05, 3.63) is 5.82 Å². The van der Waals surface area contributed by atoms with Crippen molar-refractivity contribution in [2.75, 3.05) is 0 Å². The van der Waals surface area contributed by atoms with Gasteiger partial charge < -0.3 is 5.32 Å². The lowest BCUT2D eigenvalue weighted by atomic mass is 9.87. The van der Waals surface area contributed by atoms with Crippen LogP contribution in [0.15, 0.2) is 0 Å². The van der Waals surface area contributed by atoms with Crippen molar-refractivity contribution >= 4 is 5.91 Å². The Morgan fingerprint density at radius 1 is 1.53 bits per heavy atom. The Morgan fingerprint density at radius 3 is 3.07 bits per heavy atom. The van der Waals surface area contributed by atoms with Crippen molar-refractivity contribution in [2.24, 2.45) is 5.92 Å². The van der Waals surface area contributed by atoms with Gasteiger partial charge in [0.25, 0.3) is 11.7 Å². The van der Waals surface area contributed by atoms with E-state index < -0.39 is 0 Å². The Balaban J connectivity index is 1.89. The Bertz CT molecular complexity index is 323. The van der Waals surface area contributed by atoms with Crippen LogP contribution in [-0.4, -0.2) is 32.6 Å². The Hall–Kier alpha value is -1.46. The molecule has 1 aliphatic rings. The van der Waals surface area contributed by atoms with E-state index in [0.717, 1.165) is 12.8 Å². The van der Waals surface area contributed by atoms with E-state index in [1.165, 1.54) is 12.8 Å². The van der Waals surface area contributed by atoms with Gasteiger partial charge in [0.2, 0.25) is 0 Å². The minimum atomic E-state index is -0.233. The second-order valence-corrected chi connectivity index (χ2v) is 4.18. The number of carbonyl (C=O) groups excluding carboxylic acids is 1. The molecule has 0 bridgehead atoms. The molecule has 0 aliphatic heterocycles. The number of aromatic nitrogens is 4. The molecule has 2 unspecified atom stereocenters. The maximum atomic E-state index is 11.6. The summed E-state index contributed by atoms with van der Waals surface area (Å²) in [6.07, 6.45) is 4.53. The lowest BCUT2D eigenvalue weighted by Gasteiger charge is -2.26. The molecule has 0 spiro atoms. The molecular weight excluding hydrogens is 194 g/mol. The monoisotopic (exact) mass is 209 g/mol. The van der Waals surface area contributed by atoms with Crippen LogP contribution in [0, 0.1) is 5.92 Å². The van der Waals surface area contributed by atoms with E-state index >= 15 is 0 Å². The molecule has 15 heavy (non-hydrogen) atoms. The zero-order valence-corrected chi connectivity index (χ0v) is 8.73. The molecule has 0 radical (unpaired) electrons. The third kappa shape index (κ3) is 2.51. The minimum absolute atomic E-state index is 0.119. The highest BCUT2D eigenvalue weighted by molar-refractivity contribution is 5.90. The Labute approximate surface area is 87.8 Å².